The van der Waals surface area contributed by atoms with E-state index in [1.54, 1.807) is 25.4 Å². The molecule has 0 fully saturated rings. The van der Waals surface area contributed by atoms with Crippen molar-refractivity contribution in [3.05, 3.63) is 36.0 Å². The summed E-state index contributed by atoms with van der Waals surface area (Å²) in [5.41, 5.74) is 6.53. The standard InChI is InChI=1S/C13H15N3O3/c1-17-11-7-9(8-14)3-4-10(11)19-13-15-6-5-12(16-13)18-2/h3-7H,8,14H2,1-2H3. The van der Waals surface area contributed by atoms with Crippen LogP contribution in [0.25, 0.3) is 0 Å². The molecule has 2 aromatic rings. The summed E-state index contributed by atoms with van der Waals surface area (Å²) >= 11 is 0. The van der Waals surface area contributed by atoms with Gasteiger partial charge in [-0.05, 0) is 17.7 Å². The van der Waals surface area contributed by atoms with E-state index in [1.807, 2.05) is 12.1 Å². The van der Waals surface area contributed by atoms with E-state index >= 15 is 0 Å². The van der Waals surface area contributed by atoms with Crippen LogP contribution in [0.3, 0.4) is 0 Å². The molecule has 100 valence electrons. The van der Waals surface area contributed by atoms with Gasteiger partial charge in [0.1, 0.15) is 0 Å². The normalized spacial score (nSPS) is 10.1. The Morgan fingerprint density at radius 3 is 2.63 bits per heavy atom. The number of nitrogens with zero attached hydrogens (tertiary/aromatic N) is 2. The second-order valence-electron chi connectivity index (χ2n) is 3.67. The van der Waals surface area contributed by atoms with Crippen molar-refractivity contribution in [3.8, 4) is 23.4 Å². The molecule has 2 N–H and O–H groups in total. The highest BCUT2D eigenvalue weighted by Gasteiger charge is 2.09. The minimum Gasteiger partial charge on any atom is -0.493 e. The smallest absolute Gasteiger partial charge is 0.325 e. The van der Waals surface area contributed by atoms with Crippen molar-refractivity contribution >= 4 is 0 Å². The monoisotopic (exact) mass is 261 g/mol. The maximum absolute atomic E-state index is 5.58. The number of benzene rings is 1. The van der Waals surface area contributed by atoms with Crippen molar-refractivity contribution in [1.29, 1.82) is 0 Å². The van der Waals surface area contributed by atoms with E-state index < -0.39 is 0 Å². The fourth-order valence-corrected chi connectivity index (χ4v) is 1.51. The third kappa shape index (κ3) is 3.11. The molecule has 6 nitrogen and oxygen atoms in total. The third-order valence-corrected chi connectivity index (χ3v) is 2.48. The van der Waals surface area contributed by atoms with Crippen LogP contribution in [0.5, 0.6) is 23.4 Å². The Hall–Kier alpha value is -2.34. The topological polar surface area (TPSA) is 79.5 Å². The molecule has 0 saturated heterocycles. The van der Waals surface area contributed by atoms with Gasteiger partial charge in [0.2, 0.25) is 5.88 Å². The van der Waals surface area contributed by atoms with Crippen LogP contribution in [-0.2, 0) is 6.54 Å². The predicted octanol–water partition coefficient (Wildman–Crippen LogP) is 1.74. The van der Waals surface area contributed by atoms with Gasteiger partial charge in [-0.1, -0.05) is 6.07 Å². The Labute approximate surface area is 111 Å². The predicted molar refractivity (Wildman–Crippen MR) is 69.5 cm³/mol. The molecule has 1 heterocycles. The molecule has 0 atom stereocenters. The zero-order valence-electron chi connectivity index (χ0n) is 10.8. The van der Waals surface area contributed by atoms with Gasteiger partial charge in [0.25, 0.3) is 0 Å². The number of rotatable bonds is 5. The van der Waals surface area contributed by atoms with Crippen LogP contribution in [0.1, 0.15) is 5.56 Å². The molecule has 0 amide bonds. The molecule has 6 heteroatoms. The molecule has 1 aromatic carbocycles. The Bertz CT molecular complexity index is 561. The Kier molecular flexibility index (Phi) is 4.15. The van der Waals surface area contributed by atoms with E-state index in [4.69, 9.17) is 19.9 Å². The van der Waals surface area contributed by atoms with Gasteiger partial charge in [-0.25, -0.2) is 4.98 Å². The summed E-state index contributed by atoms with van der Waals surface area (Å²) in [6.45, 7) is 0.437. The third-order valence-electron chi connectivity index (χ3n) is 2.48. The molecule has 0 aliphatic rings. The molecule has 0 radical (unpaired) electrons. The molecule has 0 bridgehead atoms. The zero-order chi connectivity index (χ0) is 13.7. The highest BCUT2D eigenvalue weighted by Crippen LogP contribution is 2.31. The fraction of sp³-hybridized carbons (Fsp3) is 0.231. The van der Waals surface area contributed by atoms with Gasteiger partial charge in [0.05, 0.1) is 14.2 Å². The molecule has 0 spiro atoms. The largest absolute Gasteiger partial charge is 0.493 e. The summed E-state index contributed by atoms with van der Waals surface area (Å²) in [6, 6.07) is 7.28. The first-order chi connectivity index (χ1) is 9.26. The molecule has 0 aliphatic carbocycles. The molecular weight excluding hydrogens is 246 g/mol. The zero-order valence-corrected chi connectivity index (χ0v) is 10.8. The van der Waals surface area contributed by atoms with E-state index in [1.165, 1.54) is 7.11 Å². The molecule has 1 aromatic heterocycles. The number of hydrogen-bond acceptors (Lipinski definition) is 6. The number of aromatic nitrogens is 2. The van der Waals surface area contributed by atoms with Gasteiger partial charge in [-0.2, -0.15) is 4.98 Å². The van der Waals surface area contributed by atoms with Crippen LogP contribution < -0.4 is 19.9 Å². The second-order valence-corrected chi connectivity index (χ2v) is 3.67. The first kappa shape index (κ1) is 13.1. The van der Waals surface area contributed by atoms with E-state index in [2.05, 4.69) is 9.97 Å². The van der Waals surface area contributed by atoms with Crippen LogP contribution in [0.2, 0.25) is 0 Å². The summed E-state index contributed by atoms with van der Waals surface area (Å²) in [5.74, 6) is 1.53. The maximum atomic E-state index is 5.58. The van der Waals surface area contributed by atoms with Gasteiger partial charge in [0, 0.05) is 18.8 Å². The summed E-state index contributed by atoms with van der Waals surface area (Å²) in [7, 11) is 3.09. The van der Waals surface area contributed by atoms with Gasteiger partial charge in [-0.15, -0.1) is 0 Å². The second kappa shape index (κ2) is 6.01. The lowest BCUT2D eigenvalue weighted by Crippen LogP contribution is -1.99. The summed E-state index contributed by atoms with van der Waals surface area (Å²) in [4.78, 5) is 8.08. The maximum Gasteiger partial charge on any atom is 0.325 e. The average Bonchev–Trinajstić information content (AvgIpc) is 2.48. The summed E-state index contributed by atoms with van der Waals surface area (Å²) in [5, 5.41) is 0. The molecule has 2 rings (SSSR count). The van der Waals surface area contributed by atoms with Gasteiger partial charge in [0.15, 0.2) is 11.5 Å². The Morgan fingerprint density at radius 1 is 1.11 bits per heavy atom. The fourth-order valence-electron chi connectivity index (χ4n) is 1.51. The number of nitrogens with two attached hydrogens (primary N) is 1. The van der Waals surface area contributed by atoms with Crippen molar-refractivity contribution in [1.82, 2.24) is 9.97 Å². The van der Waals surface area contributed by atoms with Crippen LogP contribution in [-0.4, -0.2) is 24.2 Å². The van der Waals surface area contributed by atoms with Crippen LogP contribution in [0.4, 0.5) is 0 Å². The van der Waals surface area contributed by atoms with Crippen molar-refractivity contribution in [3.63, 3.8) is 0 Å². The van der Waals surface area contributed by atoms with Crippen molar-refractivity contribution < 1.29 is 14.2 Å². The Morgan fingerprint density at radius 2 is 1.95 bits per heavy atom. The van der Waals surface area contributed by atoms with E-state index in [-0.39, 0.29) is 6.01 Å². The van der Waals surface area contributed by atoms with Crippen molar-refractivity contribution in [2.45, 2.75) is 6.54 Å². The minimum absolute atomic E-state index is 0.193. The molecule has 19 heavy (non-hydrogen) atoms. The number of methoxy groups -OCH3 is 2. The number of ether oxygens (including phenoxy) is 3. The van der Waals surface area contributed by atoms with Gasteiger partial charge >= 0.3 is 6.01 Å². The first-order valence-electron chi connectivity index (χ1n) is 5.68. The molecule has 0 unspecified atom stereocenters. The first-order valence-corrected chi connectivity index (χ1v) is 5.68. The van der Waals surface area contributed by atoms with Crippen LogP contribution in [0.15, 0.2) is 30.5 Å². The minimum atomic E-state index is 0.193. The molecule has 0 aliphatic heterocycles. The van der Waals surface area contributed by atoms with Gasteiger partial charge < -0.3 is 19.9 Å². The lowest BCUT2D eigenvalue weighted by atomic mass is 10.2. The Balaban J connectivity index is 2.26. The summed E-state index contributed by atoms with van der Waals surface area (Å²) < 4.78 is 15.8. The lowest BCUT2D eigenvalue weighted by Gasteiger charge is -2.10. The van der Waals surface area contributed by atoms with Gasteiger partial charge in [-0.3, -0.25) is 0 Å². The lowest BCUT2D eigenvalue weighted by molar-refractivity contribution is 0.354. The van der Waals surface area contributed by atoms with Crippen molar-refractivity contribution in [2.75, 3.05) is 14.2 Å². The highest BCUT2D eigenvalue weighted by atomic mass is 16.5. The van der Waals surface area contributed by atoms with Crippen molar-refractivity contribution in [2.24, 2.45) is 5.73 Å². The van der Waals surface area contributed by atoms with Crippen LogP contribution >= 0.6 is 0 Å². The quantitative estimate of drug-likeness (QED) is 0.883. The molecular formula is C13H15N3O3. The van der Waals surface area contributed by atoms with E-state index in [0.29, 0.717) is 23.9 Å². The van der Waals surface area contributed by atoms with E-state index in [0.717, 1.165) is 5.56 Å². The SMILES string of the molecule is COc1ccnc(Oc2ccc(CN)cc2OC)n1. The number of hydrogen-bond donors (Lipinski definition) is 1. The highest BCUT2D eigenvalue weighted by molar-refractivity contribution is 5.44. The average molecular weight is 261 g/mol. The summed E-state index contributed by atoms with van der Waals surface area (Å²) in [6.07, 6.45) is 1.56. The van der Waals surface area contributed by atoms with E-state index in [9.17, 15) is 0 Å². The molecule has 0 saturated carbocycles. The van der Waals surface area contributed by atoms with Crippen LogP contribution in [0, 0.1) is 0 Å².